The highest BCUT2D eigenvalue weighted by atomic mass is 16.7. The quantitative estimate of drug-likeness (QED) is 0.250. The summed E-state index contributed by atoms with van der Waals surface area (Å²) in [5.74, 6) is 0.146. The molecule has 10 nitrogen and oxygen atoms in total. The number of pyridine rings is 1. The minimum absolute atomic E-state index is 0.0126. The van der Waals surface area contributed by atoms with E-state index in [0.717, 1.165) is 27.2 Å². The maximum atomic E-state index is 13.8. The summed E-state index contributed by atoms with van der Waals surface area (Å²) >= 11 is 0. The molecule has 10 heteroatoms. The lowest BCUT2D eigenvalue weighted by molar-refractivity contribution is -0.175. The molecule has 5 rings (SSSR count). The Morgan fingerprint density at radius 1 is 1.07 bits per heavy atom. The zero-order valence-electron chi connectivity index (χ0n) is 22.8. The Balaban J connectivity index is 1.51. The van der Waals surface area contributed by atoms with Crippen molar-refractivity contribution in [3.63, 3.8) is 0 Å². The summed E-state index contributed by atoms with van der Waals surface area (Å²) in [5.41, 5.74) is 0.935. The number of fused-ring (bicyclic) bond motifs is 1. The molecule has 0 unspecified atom stereocenters. The van der Waals surface area contributed by atoms with Crippen LogP contribution in [0.5, 0.6) is 0 Å². The number of imide groups is 2. The highest BCUT2D eigenvalue weighted by molar-refractivity contribution is 6.19. The lowest BCUT2D eigenvalue weighted by Gasteiger charge is -2.45. The SMILES string of the molecule is C#CCN1CCC(C2(CN(OCc3cc(C)nc4ccccc34)C(=O)c3ccccc3)C(=O)NC(=O)NC2=O)CC1. The number of nitrogens with zero attached hydrogens (tertiary/aromatic N) is 3. The van der Waals surface area contributed by atoms with Crippen LogP contribution in [0.1, 0.15) is 34.5 Å². The van der Waals surface area contributed by atoms with Crippen molar-refractivity contribution < 1.29 is 24.0 Å². The maximum Gasteiger partial charge on any atom is 0.328 e. The first kappa shape index (κ1) is 28.0. The van der Waals surface area contributed by atoms with E-state index in [0.29, 0.717) is 38.0 Å². The molecule has 3 aromatic rings. The van der Waals surface area contributed by atoms with Crippen molar-refractivity contribution >= 4 is 34.7 Å². The van der Waals surface area contributed by atoms with Crippen LogP contribution in [0.25, 0.3) is 10.9 Å². The van der Waals surface area contributed by atoms with Crippen LogP contribution in [-0.4, -0.2) is 64.9 Å². The summed E-state index contributed by atoms with van der Waals surface area (Å²) in [5, 5.41) is 6.48. The zero-order valence-corrected chi connectivity index (χ0v) is 22.8. The molecule has 0 saturated carbocycles. The predicted molar refractivity (Wildman–Crippen MR) is 151 cm³/mol. The van der Waals surface area contributed by atoms with Gasteiger partial charge < -0.3 is 0 Å². The molecule has 2 aromatic carbocycles. The van der Waals surface area contributed by atoms with Gasteiger partial charge in [0.25, 0.3) is 5.91 Å². The van der Waals surface area contributed by atoms with Crippen molar-refractivity contribution in [2.24, 2.45) is 11.3 Å². The van der Waals surface area contributed by atoms with Crippen molar-refractivity contribution in [3.8, 4) is 12.3 Å². The van der Waals surface area contributed by atoms with E-state index < -0.39 is 35.1 Å². The number of barbiturate groups is 1. The van der Waals surface area contributed by atoms with E-state index in [1.54, 1.807) is 30.3 Å². The first-order chi connectivity index (χ1) is 19.8. The number of aryl methyl sites for hydroxylation is 1. The highest BCUT2D eigenvalue weighted by Gasteiger charge is 2.57. The normalized spacial score (nSPS) is 17.5. The molecular weight excluding hydrogens is 522 g/mol. The van der Waals surface area contributed by atoms with Gasteiger partial charge in [0.2, 0.25) is 11.8 Å². The van der Waals surface area contributed by atoms with Crippen LogP contribution < -0.4 is 10.6 Å². The van der Waals surface area contributed by atoms with Crippen molar-refractivity contribution in [3.05, 3.63) is 77.5 Å². The van der Waals surface area contributed by atoms with Crippen LogP contribution in [0.15, 0.2) is 60.7 Å². The Bertz CT molecular complexity index is 1500. The van der Waals surface area contributed by atoms with Gasteiger partial charge in [-0.2, -0.15) is 0 Å². The van der Waals surface area contributed by atoms with E-state index in [1.807, 2.05) is 37.3 Å². The number of urea groups is 1. The molecule has 5 amide bonds. The Morgan fingerprint density at radius 2 is 1.73 bits per heavy atom. The average Bonchev–Trinajstić information content (AvgIpc) is 2.97. The number of carbonyl (C=O) groups is 4. The van der Waals surface area contributed by atoms with Crippen LogP contribution in [0, 0.1) is 30.6 Å². The van der Waals surface area contributed by atoms with E-state index in [4.69, 9.17) is 11.3 Å². The second-order valence-electron chi connectivity index (χ2n) is 10.4. The molecule has 0 atom stereocenters. The summed E-state index contributed by atoms with van der Waals surface area (Å²) < 4.78 is 0. The van der Waals surface area contributed by atoms with Gasteiger partial charge in [-0.05, 0) is 68.6 Å². The first-order valence-corrected chi connectivity index (χ1v) is 13.5. The van der Waals surface area contributed by atoms with Gasteiger partial charge in [0.1, 0.15) is 6.61 Å². The molecule has 2 aliphatic heterocycles. The van der Waals surface area contributed by atoms with Crippen LogP contribution in [0.2, 0.25) is 0 Å². The third kappa shape index (κ3) is 5.68. The molecule has 0 bridgehead atoms. The van der Waals surface area contributed by atoms with E-state index in [9.17, 15) is 19.2 Å². The maximum absolute atomic E-state index is 13.8. The van der Waals surface area contributed by atoms with Crippen LogP contribution in [0.4, 0.5) is 4.79 Å². The van der Waals surface area contributed by atoms with Gasteiger partial charge in [0, 0.05) is 16.6 Å². The number of hydrogen-bond acceptors (Lipinski definition) is 7. The largest absolute Gasteiger partial charge is 0.328 e. The molecule has 2 saturated heterocycles. The van der Waals surface area contributed by atoms with Gasteiger partial charge >= 0.3 is 6.03 Å². The molecular formula is C31H31N5O5. The number of hydrogen-bond donors (Lipinski definition) is 2. The van der Waals surface area contributed by atoms with E-state index >= 15 is 0 Å². The van der Waals surface area contributed by atoms with Gasteiger partial charge in [0.15, 0.2) is 5.41 Å². The molecule has 41 heavy (non-hydrogen) atoms. The smallest absolute Gasteiger partial charge is 0.292 e. The molecule has 2 fully saturated rings. The van der Waals surface area contributed by atoms with Gasteiger partial charge in [-0.1, -0.05) is 42.3 Å². The van der Waals surface area contributed by atoms with Crippen molar-refractivity contribution in [1.82, 2.24) is 25.6 Å². The van der Waals surface area contributed by atoms with E-state index in [2.05, 4.69) is 26.4 Å². The fourth-order valence-electron chi connectivity index (χ4n) is 5.71. The molecule has 210 valence electrons. The Kier molecular flexibility index (Phi) is 8.10. The molecule has 0 spiro atoms. The van der Waals surface area contributed by atoms with Gasteiger partial charge in [-0.25, -0.2) is 9.86 Å². The molecule has 0 aliphatic carbocycles. The second kappa shape index (κ2) is 11.9. The Hall–Kier alpha value is -4.59. The third-order valence-electron chi connectivity index (χ3n) is 7.81. The highest BCUT2D eigenvalue weighted by Crippen LogP contribution is 2.39. The van der Waals surface area contributed by atoms with Gasteiger partial charge in [-0.3, -0.25) is 39.7 Å². The predicted octanol–water partition coefficient (Wildman–Crippen LogP) is 2.81. The van der Waals surface area contributed by atoms with Crippen LogP contribution >= 0.6 is 0 Å². The minimum Gasteiger partial charge on any atom is -0.292 e. The van der Waals surface area contributed by atoms with Gasteiger partial charge in [0.05, 0.1) is 18.6 Å². The monoisotopic (exact) mass is 553 g/mol. The molecule has 0 radical (unpaired) electrons. The first-order valence-electron chi connectivity index (χ1n) is 13.5. The Morgan fingerprint density at radius 3 is 2.41 bits per heavy atom. The topological polar surface area (TPSA) is 121 Å². The molecule has 1 aromatic heterocycles. The number of hydroxylamine groups is 2. The molecule has 3 heterocycles. The summed E-state index contributed by atoms with van der Waals surface area (Å²) in [6.07, 6.45) is 6.42. The number of carbonyl (C=O) groups excluding carboxylic acids is 4. The fraction of sp³-hybridized carbons (Fsp3) is 0.323. The summed E-state index contributed by atoms with van der Waals surface area (Å²) in [7, 11) is 0. The lowest BCUT2D eigenvalue weighted by atomic mass is 9.68. The molecule has 2 aliphatic rings. The number of terminal acetylenes is 1. The summed E-state index contributed by atoms with van der Waals surface area (Å²) in [6, 6.07) is 17.1. The number of aromatic nitrogens is 1. The number of piperidine rings is 1. The van der Waals surface area contributed by atoms with Crippen LogP contribution in [-0.2, 0) is 21.0 Å². The third-order valence-corrected chi connectivity index (χ3v) is 7.81. The van der Waals surface area contributed by atoms with Crippen molar-refractivity contribution in [2.45, 2.75) is 26.4 Å². The summed E-state index contributed by atoms with van der Waals surface area (Å²) in [4.78, 5) is 65.9. The number of rotatable bonds is 8. The Labute approximate surface area is 238 Å². The minimum atomic E-state index is -1.75. The number of amides is 5. The van der Waals surface area contributed by atoms with Crippen molar-refractivity contribution in [2.75, 3.05) is 26.2 Å². The lowest BCUT2D eigenvalue weighted by Crippen LogP contribution is -2.69. The number of likely N-dealkylation sites (tertiary alicyclic amines) is 1. The second-order valence-corrected chi connectivity index (χ2v) is 10.4. The number of para-hydroxylation sites is 1. The van der Waals surface area contributed by atoms with E-state index in [-0.39, 0.29) is 13.2 Å². The van der Waals surface area contributed by atoms with E-state index in [1.165, 1.54) is 0 Å². The zero-order chi connectivity index (χ0) is 29.0. The molecule has 2 N–H and O–H groups in total. The number of benzene rings is 2. The van der Waals surface area contributed by atoms with Crippen LogP contribution in [0.3, 0.4) is 0 Å². The van der Waals surface area contributed by atoms with Gasteiger partial charge in [-0.15, -0.1) is 6.42 Å². The summed E-state index contributed by atoms with van der Waals surface area (Å²) in [6.45, 7) is 3.08. The number of nitrogens with one attached hydrogen (secondary N) is 2. The average molecular weight is 554 g/mol. The standard InChI is InChI=1S/C31H31N5O5/c1-3-15-35-16-13-24(14-17-35)31(28(38)33-30(40)34-29(31)39)20-36(27(37)22-9-5-4-6-10-22)41-19-23-18-21(2)32-26-12-8-7-11-25(23)26/h1,4-12,18,24H,13-17,19-20H2,2H3,(H2,33,34,38,39,40). The fourth-order valence-corrected chi connectivity index (χ4v) is 5.71. The van der Waals surface area contributed by atoms with Crippen molar-refractivity contribution in [1.29, 1.82) is 0 Å².